The van der Waals surface area contributed by atoms with Crippen LogP contribution in [0.1, 0.15) is 31.1 Å². The molecule has 2 aromatic carbocycles. The number of hydrogen-bond acceptors (Lipinski definition) is 8. The zero-order valence-corrected chi connectivity index (χ0v) is 22.8. The summed E-state index contributed by atoms with van der Waals surface area (Å²) in [6.45, 7) is 3.56. The van der Waals surface area contributed by atoms with Gasteiger partial charge in [0.2, 0.25) is 5.62 Å². The molecule has 0 bridgehead atoms. The van der Waals surface area contributed by atoms with Crippen LogP contribution in [0.15, 0.2) is 75.7 Å². The Bertz CT molecular complexity index is 1860. The average molecular weight is 558 g/mol. The third-order valence-corrected chi connectivity index (χ3v) is 6.74. The van der Waals surface area contributed by atoms with E-state index in [1.807, 2.05) is 6.07 Å². The summed E-state index contributed by atoms with van der Waals surface area (Å²) in [6, 6.07) is 14.1. The van der Waals surface area contributed by atoms with Gasteiger partial charge >= 0.3 is 5.97 Å². The predicted molar refractivity (Wildman–Crippen MR) is 149 cm³/mol. The highest BCUT2D eigenvalue weighted by Crippen LogP contribution is 2.35. The van der Waals surface area contributed by atoms with Crippen molar-refractivity contribution in [2.24, 2.45) is 4.99 Å². The molecule has 5 rings (SSSR count). The fourth-order valence-electron chi connectivity index (χ4n) is 4.81. The fourth-order valence-corrected chi connectivity index (χ4v) is 4.81. The number of carbonyl (C=O) groups is 1. The van der Waals surface area contributed by atoms with Gasteiger partial charge in [0.15, 0.2) is 11.5 Å². The number of benzene rings is 2. The number of imidazole rings is 1. The molecule has 1 aliphatic heterocycles. The van der Waals surface area contributed by atoms with Gasteiger partial charge in [-0.15, -0.1) is 0 Å². The Morgan fingerprint density at radius 2 is 1.80 bits per heavy atom. The first kappa shape index (κ1) is 27.2. The molecule has 0 saturated carbocycles. The topological polar surface area (TPSA) is 154 Å². The van der Waals surface area contributed by atoms with Gasteiger partial charge in [0, 0.05) is 23.5 Å². The normalized spacial score (nSPS) is 14.8. The quantitative estimate of drug-likeness (QED) is 0.192. The molecule has 0 saturated heterocycles. The summed E-state index contributed by atoms with van der Waals surface area (Å²) in [4.78, 5) is 48.3. The van der Waals surface area contributed by atoms with Gasteiger partial charge in [-0.3, -0.25) is 19.5 Å². The zero-order chi connectivity index (χ0) is 29.3. The lowest BCUT2D eigenvalue weighted by molar-refractivity contribution is -0.384. The molecular formula is C29H27N5O7. The van der Waals surface area contributed by atoms with Crippen molar-refractivity contribution in [3.05, 3.63) is 109 Å². The van der Waals surface area contributed by atoms with Crippen LogP contribution in [0.5, 0.6) is 11.5 Å². The molecule has 41 heavy (non-hydrogen) atoms. The van der Waals surface area contributed by atoms with E-state index < -0.39 is 22.5 Å². The van der Waals surface area contributed by atoms with Crippen LogP contribution in [0.2, 0.25) is 0 Å². The van der Waals surface area contributed by atoms with E-state index in [2.05, 4.69) is 15.0 Å². The Labute approximate surface area is 233 Å². The van der Waals surface area contributed by atoms with E-state index in [-0.39, 0.29) is 28.8 Å². The maximum Gasteiger partial charge on any atom is 0.338 e. The predicted octanol–water partition coefficient (Wildman–Crippen LogP) is 2.99. The number of rotatable bonds is 8. The van der Waals surface area contributed by atoms with Crippen LogP contribution < -0.4 is 26.0 Å². The molecule has 2 aromatic heterocycles. The molecule has 12 heteroatoms. The van der Waals surface area contributed by atoms with E-state index in [1.165, 1.54) is 30.9 Å². The second-order valence-electron chi connectivity index (χ2n) is 9.16. The number of non-ortho nitro benzene ring substituents is 1. The first-order valence-electron chi connectivity index (χ1n) is 12.7. The number of aromatic nitrogens is 3. The molecule has 1 aliphatic rings. The summed E-state index contributed by atoms with van der Waals surface area (Å²) in [5.41, 5.74) is 3.21. The van der Waals surface area contributed by atoms with Crippen molar-refractivity contribution in [1.29, 1.82) is 0 Å². The fraction of sp³-hybridized carbons (Fsp3) is 0.207. The molecule has 0 spiro atoms. The lowest BCUT2D eigenvalue weighted by Crippen LogP contribution is -2.40. The van der Waals surface area contributed by atoms with Crippen LogP contribution in [0.3, 0.4) is 0 Å². The lowest BCUT2D eigenvalue weighted by Gasteiger charge is -2.25. The summed E-state index contributed by atoms with van der Waals surface area (Å²) in [6.07, 6.45) is 1.64. The van der Waals surface area contributed by atoms with Gasteiger partial charge in [-0.1, -0.05) is 6.07 Å². The minimum atomic E-state index is -0.841. The minimum Gasteiger partial charge on any atom is -0.493 e. The SMILES string of the molecule is CCOC(=O)C1=C(C)N=c2[nH]c(=Cc3ccc(-c4ccc([N+](=O)[O-])cc4)[nH]3)c(=O)n2C1c1ccc(OC)c(OC)c1. The summed E-state index contributed by atoms with van der Waals surface area (Å²) in [7, 11) is 3.03. The van der Waals surface area contributed by atoms with Gasteiger partial charge in [0.05, 0.1) is 43.1 Å². The zero-order valence-electron chi connectivity index (χ0n) is 22.8. The molecule has 4 aromatic rings. The van der Waals surface area contributed by atoms with E-state index in [9.17, 15) is 19.7 Å². The van der Waals surface area contributed by atoms with Gasteiger partial charge in [-0.2, -0.15) is 0 Å². The van der Waals surface area contributed by atoms with Gasteiger partial charge in [-0.05, 0) is 67.4 Å². The Morgan fingerprint density at radius 3 is 2.46 bits per heavy atom. The number of nitrogens with zero attached hydrogens (tertiary/aromatic N) is 3. The van der Waals surface area contributed by atoms with Gasteiger partial charge in [-0.25, -0.2) is 9.79 Å². The van der Waals surface area contributed by atoms with Crippen molar-refractivity contribution in [3.8, 4) is 22.8 Å². The number of nitro benzene ring substituents is 1. The van der Waals surface area contributed by atoms with E-state index in [4.69, 9.17) is 14.2 Å². The van der Waals surface area contributed by atoms with Crippen molar-refractivity contribution in [2.75, 3.05) is 20.8 Å². The molecule has 0 fully saturated rings. The van der Waals surface area contributed by atoms with E-state index in [0.717, 1.165) is 11.3 Å². The molecule has 0 aliphatic carbocycles. The number of nitrogens with one attached hydrogen (secondary N) is 2. The average Bonchev–Trinajstić information content (AvgIpc) is 3.56. The number of ether oxygens (including phenoxy) is 3. The maximum atomic E-state index is 13.8. The standard InChI is InChI=1S/C29H27N5O7/c1-5-41-28(36)25-16(2)30-29-32-22(15-19-9-12-21(31-19)17-6-10-20(11-7-17)34(37)38)27(35)33(29)26(25)18-8-13-23(39-3)24(14-18)40-4/h6-15,26,31H,5H2,1-4H3,(H,30,32). The Balaban J connectivity index is 1.62. The van der Waals surface area contributed by atoms with E-state index in [0.29, 0.717) is 28.5 Å². The largest absolute Gasteiger partial charge is 0.493 e. The van der Waals surface area contributed by atoms with E-state index in [1.54, 1.807) is 56.3 Å². The third kappa shape index (κ3) is 5.02. The number of methoxy groups -OCH3 is 2. The number of nitro groups is 1. The molecule has 2 N–H and O–H groups in total. The lowest BCUT2D eigenvalue weighted by atomic mass is 9.95. The highest BCUT2D eigenvalue weighted by atomic mass is 16.6. The second kappa shape index (κ2) is 11.0. The number of hydrogen-bond donors (Lipinski definition) is 2. The molecule has 0 amide bonds. The highest BCUT2D eigenvalue weighted by molar-refractivity contribution is 5.91. The summed E-state index contributed by atoms with van der Waals surface area (Å²) >= 11 is 0. The molecule has 0 radical (unpaired) electrons. The van der Waals surface area contributed by atoms with Crippen molar-refractivity contribution in [3.63, 3.8) is 0 Å². The number of aromatic amines is 2. The highest BCUT2D eigenvalue weighted by Gasteiger charge is 2.33. The van der Waals surface area contributed by atoms with E-state index >= 15 is 0 Å². The first-order chi connectivity index (χ1) is 19.7. The number of carbonyl (C=O) groups excluding carboxylic acids is 1. The van der Waals surface area contributed by atoms with Crippen LogP contribution in [-0.4, -0.2) is 46.3 Å². The number of esters is 1. The molecule has 3 heterocycles. The van der Waals surface area contributed by atoms with Crippen molar-refractivity contribution < 1.29 is 23.9 Å². The minimum absolute atomic E-state index is 0.00375. The number of H-pyrrole nitrogens is 2. The summed E-state index contributed by atoms with van der Waals surface area (Å²) in [5.74, 6) is 0.367. The van der Waals surface area contributed by atoms with Crippen LogP contribution in [0.25, 0.3) is 17.3 Å². The first-order valence-corrected chi connectivity index (χ1v) is 12.7. The van der Waals surface area contributed by atoms with Crippen molar-refractivity contribution in [2.45, 2.75) is 19.9 Å². The summed E-state index contributed by atoms with van der Waals surface area (Å²) < 4.78 is 17.6. The van der Waals surface area contributed by atoms with Gasteiger partial charge < -0.3 is 24.2 Å². The Hall–Kier alpha value is -5.39. The second-order valence-corrected chi connectivity index (χ2v) is 9.16. The smallest absolute Gasteiger partial charge is 0.338 e. The van der Waals surface area contributed by atoms with Crippen LogP contribution in [0.4, 0.5) is 5.69 Å². The maximum absolute atomic E-state index is 13.8. The molecule has 1 unspecified atom stereocenters. The van der Waals surface area contributed by atoms with Crippen LogP contribution >= 0.6 is 0 Å². The van der Waals surface area contributed by atoms with Crippen LogP contribution in [-0.2, 0) is 9.53 Å². The molecule has 1 atom stereocenters. The number of allylic oxidation sites excluding steroid dienone is 1. The monoisotopic (exact) mass is 557 g/mol. The van der Waals surface area contributed by atoms with Crippen LogP contribution in [0, 0.1) is 10.1 Å². The van der Waals surface area contributed by atoms with Gasteiger partial charge in [0.25, 0.3) is 11.2 Å². The summed E-state index contributed by atoms with van der Waals surface area (Å²) in [5, 5.41) is 11.2. The van der Waals surface area contributed by atoms with Gasteiger partial charge in [0.1, 0.15) is 5.35 Å². The molecule has 210 valence electrons. The molecular weight excluding hydrogens is 530 g/mol. The molecule has 12 nitrogen and oxygen atoms in total. The third-order valence-electron chi connectivity index (χ3n) is 6.74. The number of fused-ring (bicyclic) bond motifs is 1. The Morgan fingerprint density at radius 1 is 1.07 bits per heavy atom. The Kier molecular flexibility index (Phi) is 7.30. The van der Waals surface area contributed by atoms with Crippen molar-refractivity contribution >= 4 is 17.7 Å². The van der Waals surface area contributed by atoms with Crippen molar-refractivity contribution in [1.82, 2.24) is 14.5 Å².